The van der Waals surface area contributed by atoms with Crippen molar-refractivity contribution in [3.8, 4) is 0 Å². The Morgan fingerprint density at radius 2 is 1.00 bits per heavy atom. The predicted octanol–water partition coefficient (Wildman–Crippen LogP) is 6.88. The molecule has 1 heteroatoms. The van der Waals surface area contributed by atoms with Crippen molar-refractivity contribution in [1.29, 1.82) is 0 Å². The van der Waals surface area contributed by atoms with Crippen molar-refractivity contribution in [3.05, 3.63) is 0 Å². The summed E-state index contributed by atoms with van der Waals surface area (Å²) < 4.78 is 0. The number of aliphatic hydroxyl groups excluding tert-OH is 1. The zero-order chi connectivity index (χ0) is 15.9. The Kier molecular flexibility index (Phi) is 13.2. The van der Waals surface area contributed by atoms with Gasteiger partial charge in [-0.3, -0.25) is 0 Å². The first-order valence-corrected chi connectivity index (χ1v) is 10.5. The fourth-order valence-electron chi connectivity index (χ4n) is 3.78. The molecule has 1 rings (SSSR count). The Labute approximate surface area is 140 Å². The van der Waals surface area contributed by atoms with Gasteiger partial charge in [-0.15, -0.1) is 0 Å². The molecule has 0 bridgehead atoms. The van der Waals surface area contributed by atoms with Crippen molar-refractivity contribution in [2.24, 2.45) is 11.8 Å². The second-order valence-electron chi connectivity index (χ2n) is 7.65. The molecule has 1 aliphatic rings. The van der Waals surface area contributed by atoms with Crippen LogP contribution in [-0.4, -0.2) is 11.7 Å². The number of hydrogen-bond donors (Lipinski definition) is 1. The lowest BCUT2D eigenvalue weighted by atomic mass is 10.0. The van der Waals surface area contributed by atoms with Crippen LogP contribution in [0.5, 0.6) is 0 Å². The zero-order valence-corrected chi connectivity index (χ0v) is 15.3. The highest BCUT2D eigenvalue weighted by Gasteiger charge is 2.34. The largest absolute Gasteiger partial charge is 0.396 e. The summed E-state index contributed by atoms with van der Waals surface area (Å²) in [6.07, 6.45) is 24.1. The van der Waals surface area contributed by atoms with Crippen LogP contribution in [0.4, 0.5) is 0 Å². The summed E-state index contributed by atoms with van der Waals surface area (Å²) in [4.78, 5) is 0. The van der Waals surface area contributed by atoms with E-state index in [-0.39, 0.29) is 0 Å². The van der Waals surface area contributed by atoms with Gasteiger partial charge in [0.05, 0.1) is 0 Å². The van der Waals surface area contributed by atoms with Crippen molar-refractivity contribution in [3.63, 3.8) is 0 Å². The van der Waals surface area contributed by atoms with E-state index in [9.17, 15) is 0 Å². The van der Waals surface area contributed by atoms with Gasteiger partial charge in [-0.2, -0.15) is 0 Å². The molecule has 1 saturated carbocycles. The van der Waals surface area contributed by atoms with E-state index in [1.165, 1.54) is 96.3 Å². The minimum atomic E-state index is 0.377. The highest BCUT2D eigenvalue weighted by molar-refractivity contribution is 4.85. The average Bonchev–Trinajstić information content (AvgIpc) is 3.27. The van der Waals surface area contributed by atoms with Crippen molar-refractivity contribution in [1.82, 2.24) is 0 Å². The van der Waals surface area contributed by atoms with E-state index >= 15 is 0 Å². The van der Waals surface area contributed by atoms with Crippen LogP contribution in [0.2, 0.25) is 0 Å². The van der Waals surface area contributed by atoms with E-state index < -0.39 is 0 Å². The summed E-state index contributed by atoms with van der Waals surface area (Å²) in [5.41, 5.74) is 0. The van der Waals surface area contributed by atoms with Crippen molar-refractivity contribution in [2.75, 3.05) is 6.61 Å². The van der Waals surface area contributed by atoms with Gasteiger partial charge in [0.1, 0.15) is 0 Å². The third-order valence-electron chi connectivity index (χ3n) is 5.48. The molecular weight excluding hydrogens is 268 g/mol. The molecule has 0 heterocycles. The average molecular weight is 311 g/mol. The molecule has 0 spiro atoms. The normalized spacial score (nSPS) is 20.5. The van der Waals surface area contributed by atoms with Gasteiger partial charge in [0, 0.05) is 6.61 Å². The summed E-state index contributed by atoms with van der Waals surface area (Å²) in [5.74, 6) is 2.21. The lowest BCUT2D eigenvalue weighted by Gasteiger charge is -2.03. The first-order chi connectivity index (χ1) is 10.9. The Morgan fingerprint density at radius 1 is 0.591 bits per heavy atom. The van der Waals surface area contributed by atoms with Crippen molar-refractivity contribution in [2.45, 2.75) is 116 Å². The van der Waals surface area contributed by atoms with E-state index in [2.05, 4.69) is 6.92 Å². The number of aliphatic hydroxyl groups is 1. The fraction of sp³-hybridized carbons (Fsp3) is 1.00. The van der Waals surface area contributed by atoms with Gasteiger partial charge in [-0.05, 0) is 24.7 Å². The second-order valence-corrected chi connectivity index (χ2v) is 7.65. The second kappa shape index (κ2) is 14.5. The molecule has 1 fully saturated rings. The monoisotopic (exact) mass is 310 g/mol. The Morgan fingerprint density at radius 3 is 1.45 bits per heavy atom. The maximum absolute atomic E-state index is 8.73. The summed E-state index contributed by atoms with van der Waals surface area (Å²) in [6.45, 7) is 2.67. The van der Waals surface area contributed by atoms with Gasteiger partial charge in [0.25, 0.3) is 0 Å². The number of hydrogen-bond acceptors (Lipinski definition) is 1. The van der Waals surface area contributed by atoms with Crippen LogP contribution >= 0.6 is 0 Å². The zero-order valence-electron chi connectivity index (χ0n) is 15.3. The fourth-order valence-corrected chi connectivity index (χ4v) is 3.78. The molecule has 0 radical (unpaired) electrons. The smallest absolute Gasteiger partial charge is 0.0431 e. The lowest BCUT2D eigenvalue weighted by Crippen LogP contribution is -1.87. The van der Waals surface area contributed by atoms with Gasteiger partial charge in [-0.1, -0.05) is 103 Å². The highest BCUT2D eigenvalue weighted by atomic mass is 16.2. The van der Waals surface area contributed by atoms with Crippen molar-refractivity contribution < 1.29 is 5.11 Å². The predicted molar refractivity (Wildman–Crippen MR) is 98.2 cm³/mol. The third kappa shape index (κ3) is 11.5. The Hall–Kier alpha value is -0.0400. The molecule has 22 heavy (non-hydrogen) atoms. The number of rotatable bonds is 17. The van der Waals surface area contributed by atoms with Crippen LogP contribution in [0.25, 0.3) is 0 Å². The molecular formula is C21H42O. The molecule has 0 amide bonds. The minimum absolute atomic E-state index is 0.377. The van der Waals surface area contributed by atoms with Gasteiger partial charge in [0.2, 0.25) is 0 Å². The molecule has 1 nitrogen and oxygen atoms in total. The SMILES string of the molecule is CCCCCCCCCC[C@H]1C[C@H]1CCCCCCCCO. The van der Waals surface area contributed by atoms with Gasteiger partial charge < -0.3 is 5.11 Å². The molecule has 0 aliphatic heterocycles. The minimum Gasteiger partial charge on any atom is -0.396 e. The molecule has 0 unspecified atom stereocenters. The molecule has 0 aromatic carbocycles. The highest BCUT2D eigenvalue weighted by Crippen LogP contribution is 2.45. The molecule has 0 saturated heterocycles. The maximum Gasteiger partial charge on any atom is 0.0431 e. The molecule has 132 valence electrons. The van der Waals surface area contributed by atoms with Crippen LogP contribution in [0, 0.1) is 11.8 Å². The first-order valence-electron chi connectivity index (χ1n) is 10.5. The van der Waals surface area contributed by atoms with Crippen LogP contribution in [-0.2, 0) is 0 Å². The van der Waals surface area contributed by atoms with Gasteiger partial charge in [-0.25, -0.2) is 0 Å². The van der Waals surface area contributed by atoms with E-state index in [0.29, 0.717) is 6.61 Å². The van der Waals surface area contributed by atoms with Crippen LogP contribution in [0.15, 0.2) is 0 Å². The molecule has 0 aromatic heterocycles. The Balaban J connectivity index is 1.73. The standard InChI is InChI=1S/C21H42O/c1-2-3-4-5-6-7-10-13-16-20-19-21(20)17-14-11-8-9-12-15-18-22/h20-22H,2-19H2,1H3/t20-,21+/m0/s1. The van der Waals surface area contributed by atoms with Crippen LogP contribution in [0.3, 0.4) is 0 Å². The summed E-state index contributed by atoms with van der Waals surface area (Å²) in [6, 6.07) is 0. The van der Waals surface area contributed by atoms with E-state index in [0.717, 1.165) is 18.3 Å². The van der Waals surface area contributed by atoms with Gasteiger partial charge >= 0.3 is 0 Å². The summed E-state index contributed by atoms with van der Waals surface area (Å²) in [7, 11) is 0. The van der Waals surface area contributed by atoms with Crippen LogP contribution in [0.1, 0.15) is 116 Å². The quantitative estimate of drug-likeness (QED) is 0.290. The third-order valence-corrected chi connectivity index (χ3v) is 5.48. The first kappa shape index (κ1) is 20.0. The Bertz CT molecular complexity index is 226. The number of unbranched alkanes of at least 4 members (excludes halogenated alkanes) is 12. The molecule has 2 atom stereocenters. The maximum atomic E-state index is 8.73. The van der Waals surface area contributed by atoms with E-state index in [1.807, 2.05) is 0 Å². The molecule has 1 aliphatic carbocycles. The van der Waals surface area contributed by atoms with Crippen molar-refractivity contribution >= 4 is 0 Å². The van der Waals surface area contributed by atoms with Crippen LogP contribution < -0.4 is 0 Å². The van der Waals surface area contributed by atoms with E-state index in [4.69, 9.17) is 5.11 Å². The molecule has 0 aromatic rings. The summed E-state index contributed by atoms with van der Waals surface area (Å²) in [5, 5.41) is 8.73. The lowest BCUT2D eigenvalue weighted by molar-refractivity contribution is 0.282. The molecule has 1 N–H and O–H groups in total. The van der Waals surface area contributed by atoms with E-state index in [1.54, 1.807) is 6.42 Å². The summed E-state index contributed by atoms with van der Waals surface area (Å²) >= 11 is 0. The van der Waals surface area contributed by atoms with Gasteiger partial charge in [0.15, 0.2) is 0 Å². The topological polar surface area (TPSA) is 20.2 Å².